The molecule has 0 bridgehead atoms. The van der Waals surface area contributed by atoms with E-state index in [-0.39, 0.29) is 5.71 Å². The van der Waals surface area contributed by atoms with Crippen molar-refractivity contribution in [3.63, 3.8) is 0 Å². The molecule has 1 amide bonds. The molecule has 106 valence electrons. The number of para-hydroxylation sites is 1. The average molecular weight is 276 g/mol. The number of hydroxylamine groups is 1. The molecule has 0 radical (unpaired) electrons. The molecule has 1 aliphatic rings. The van der Waals surface area contributed by atoms with E-state index in [9.17, 15) is 10.0 Å². The molecule has 7 nitrogen and oxygen atoms in total. The van der Waals surface area contributed by atoms with Gasteiger partial charge in [0.15, 0.2) is 5.75 Å². The van der Waals surface area contributed by atoms with E-state index in [2.05, 4.69) is 10.3 Å². The molecule has 2 N–H and O–H groups in total. The maximum atomic E-state index is 12.2. The topological polar surface area (TPSA) is 86.5 Å². The molecule has 0 aromatic heterocycles. The van der Waals surface area contributed by atoms with E-state index in [0.717, 1.165) is 5.01 Å². The van der Waals surface area contributed by atoms with Crippen molar-refractivity contribution in [3.8, 4) is 5.75 Å². The van der Waals surface area contributed by atoms with Gasteiger partial charge in [-0.2, -0.15) is 10.6 Å². The van der Waals surface area contributed by atoms with Gasteiger partial charge in [0.1, 0.15) is 0 Å². The first-order chi connectivity index (χ1) is 9.52. The van der Waals surface area contributed by atoms with Crippen LogP contribution in [-0.4, -0.2) is 40.1 Å². The zero-order chi connectivity index (χ0) is 14.8. The van der Waals surface area contributed by atoms with Crippen LogP contribution in [0.5, 0.6) is 5.75 Å². The van der Waals surface area contributed by atoms with Crippen molar-refractivity contribution >= 4 is 17.3 Å². The first-order valence-electron chi connectivity index (χ1n) is 6.04. The highest BCUT2D eigenvalue weighted by atomic mass is 16.6. The number of rotatable bonds is 4. The summed E-state index contributed by atoms with van der Waals surface area (Å²) < 4.78 is 0. The number of nitrogens with zero attached hydrogens (tertiary/aromatic N) is 3. The highest BCUT2D eigenvalue weighted by Crippen LogP contribution is 2.21. The molecule has 1 aromatic rings. The lowest BCUT2D eigenvalue weighted by Gasteiger charge is -2.24. The number of benzene rings is 1. The Hall–Kier alpha value is -2.25. The molecule has 0 aliphatic carbocycles. The summed E-state index contributed by atoms with van der Waals surface area (Å²) in [6.07, 6.45) is 0. The average Bonchev–Trinajstić information content (AvgIpc) is 2.68. The third-order valence-electron chi connectivity index (χ3n) is 3.20. The van der Waals surface area contributed by atoms with Crippen molar-refractivity contribution in [1.82, 2.24) is 10.5 Å². The number of likely N-dealkylation sites (N-methyl/N-ethyl adjacent to an activating group) is 1. The maximum Gasteiger partial charge on any atom is 0.276 e. The molecule has 7 heteroatoms. The van der Waals surface area contributed by atoms with Crippen LogP contribution >= 0.6 is 0 Å². The number of carbonyl (C=O) groups excluding carboxylic acids is 1. The van der Waals surface area contributed by atoms with Crippen LogP contribution in [0.4, 0.5) is 0 Å². The fraction of sp³-hybridized carbons (Fsp3) is 0.308. The van der Waals surface area contributed by atoms with Gasteiger partial charge >= 0.3 is 0 Å². The number of hydrazone groups is 1. The second-order valence-electron chi connectivity index (χ2n) is 4.46. The van der Waals surface area contributed by atoms with Crippen LogP contribution in [0.3, 0.4) is 0 Å². The van der Waals surface area contributed by atoms with E-state index in [1.54, 1.807) is 38.1 Å². The van der Waals surface area contributed by atoms with Crippen LogP contribution in [0.2, 0.25) is 0 Å². The number of amides is 1. The van der Waals surface area contributed by atoms with Gasteiger partial charge in [0.2, 0.25) is 5.54 Å². The predicted molar refractivity (Wildman–Crippen MR) is 73.7 cm³/mol. The molecular formula is C13H16N4O3. The molecule has 1 atom stereocenters. The Morgan fingerprint density at radius 3 is 2.60 bits per heavy atom. The normalized spacial score (nSPS) is 23.0. The Bertz CT molecular complexity index is 570. The van der Waals surface area contributed by atoms with Gasteiger partial charge in [-0.3, -0.25) is 4.79 Å². The molecule has 2 rings (SSSR count). The van der Waals surface area contributed by atoms with Crippen LogP contribution in [-0.2, 0) is 4.79 Å². The fourth-order valence-corrected chi connectivity index (χ4v) is 2.04. The first kappa shape index (κ1) is 14.2. The highest BCUT2D eigenvalue weighted by Gasteiger charge is 2.51. The predicted octanol–water partition coefficient (Wildman–Crippen LogP) is 1.01. The quantitative estimate of drug-likeness (QED) is 0.634. The lowest BCUT2D eigenvalue weighted by atomic mass is 9.90. The smallest absolute Gasteiger partial charge is 0.276 e. The largest absolute Gasteiger partial charge is 0.357 e. The summed E-state index contributed by atoms with van der Waals surface area (Å²) in [6, 6.07) is 8.94. The zero-order valence-electron chi connectivity index (χ0n) is 11.5. The molecule has 0 spiro atoms. The summed E-state index contributed by atoms with van der Waals surface area (Å²) in [7, 11) is 1.51. The van der Waals surface area contributed by atoms with Crippen LogP contribution in [0.25, 0.3) is 0 Å². The van der Waals surface area contributed by atoms with Crippen molar-refractivity contribution < 1.29 is 14.8 Å². The SMILES string of the molecule is CC1=NN(C)C(=O)C1(NO)/C(C)=N/Oc1ccccc1. The number of oxime groups is 1. The van der Waals surface area contributed by atoms with Gasteiger partial charge in [0.25, 0.3) is 5.91 Å². The first-order valence-corrected chi connectivity index (χ1v) is 6.04. The fourth-order valence-electron chi connectivity index (χ4n) is 2.04. The van der Waals surface area contributed by atoms with Crippen molar-refractivity contribution in [2.75, 3.05) is 7.05 Å². The Labute approximate surface area is 116 Å². The third kappa shape index (κ3) is 2.17. The van der Waals surface area contributed by atoms with Gasteiger partial charge in [0.05, 0.1) is 11.4 Å². The Kier molecular flexibility index (Phi) is 3.82. The van der Waals surface area contributed by atoms with Crippen molar-refractivity contribution in [3.05, 3.63) is 30.3 Å². The number of hydrogen-bond donors (Lipinski definition) is 2. The van der Waals surface area contributed by atoms with Gasteiger partial charge in [-0.05, 0) is 26.0 Å². The maximum absolute atomic E-state index is 12.2. The molecule has 1 aliphatic heterocycles. The molecule has 20 heavy (non-hydrogen) atoms. The van der Waals surface area contributed by atoms with E-state index in [4.69, 9.17) is 4.84 Å². The summed E-state index contributed by atoms with van der Waals surface area (Å²) in [6.45, 7) is 3.22. The van der Waals surface area contributed by atoms with Crippen molar-refractivity contribution in [2.45, 2.75) is 19.4 Å². The second-order valence-corrected chi connectivity index (χ2v) is 4.46. The van der Waals surface area contributed by atoms with E-state index in [1.165, 1.54) is 7.05 Å². The van der Waals surface area contributed by atoms with E-state index >= 15 is 0 Å². The molecule has 0 saturated heterocycles. The van der Waals surface area contributed by atoms with E-state index < -0.39 is 11.4 Å². The lowest BCUT2D eigenvalue weighted by molar-refractivity contribution is -0.133. The van der Waals surface area contributed by atoms with Crippen LogP contribution in [0.1, 0.15) is 13.8 Å². The summed E-state index contributed by atoms with van der Waals surface area (Å²) >= 11 is 0. The summed E-state index contributed by atoms with van der Waals surface area (Å²) in [5.74, 6) is 0.115. The van der Waals surface area contributed by atoms with Crippen LogP contribution in [0, 0.1) is 0 Å². The summed E-state index contributed by atoms with van der Waals surface area (Å²) in [5, 5.41) is 18.5. The Morgan fingerprint density at radius 1 is 1.45 bits per heavy atom. The van der Waals surface area contributed by atoms with Crippen molar-refractivity contribution in [1.29, 1.82) is 0 Å². The molecule has 0 saturated carbocycles. The standard InChI is InChI=1S/C13H16N4O3/c1-9-13(16-19,12(18)17(3)14-9)10(2)15-20-11-7-5-4-6-8-11/h4-8,16,19H,1-3H3/b15-10+. The van der Waals surface area contributed by atoms with Gasteiger partial charge in [-0.25, -0.2) is 5.01 Å². The monoisotopic (exact) mass is 276 g/mol. The van der Waals surface area contributed by atoms with Crippen LogP contribution in [0.15, 0.2) is 40.6 Å². The van der Waals surface area contributed by atoms with Gasteiger partial charge in [0, 0.05) is 7.05 Å². The number of carbonyl (C=O) groups is 1. The minimum Gasteiger partial charge on any atom is -0.357 e. The minimum absolute atomic E-state index is 0.263. The van der Waals surface area contributed by atoms with Crippen molar-refractivity contribution in [2.24, 2.45) is 10.3 Å². The van der Waals surface area contributed by atoms with E-state index in [0.29, 0.717) is 11.5 Å². The molecule has 1 unspecified atom stereocenters. The molecular weight excluding hydrogens is 260 g/mol. The minimum atomic E-state index is -1.47. The Morgan fingerprint density at radius 2 is 2.10 bits per heavy atom. The zero-order valence-corrected chi connectivity index (χ0v) is 11.5. The Balaban J connectivity index is 2.28. The van der Waals surface area contributed by atoms with Gasteiger partial charge < -0.3 is 10.0 Å². The van der Waals surface area contributed by atoms with Crippen LogP contribution < -0.4 is 10.3 Å². The third-order valence-corrected chi connectivity index (χ3v) is 3.20. The van der Waals surface area contributed by atoms with Gasteiger partial charge in [-0.15, -0.1) is 0 Å². The number of nitrogens with one attached hydrogen (secondary N) is 1. The molecule has 1 heterocycles. The second kappa shape index (κ2) is 5.40. The highest BCUT2D eigenvalue weighted by molar-refractivity contribution is 6.32. The summed E-state index contributed by atoms with van der Waals surface area (Å²) in [5.41, 5.74) is 1.20. The van der Waals surface area contributed by atoms with E-state index in [1.807, 2.05) is 11.5 Å². The van der Waals surface area contributed by atoms with Gasteiger partial charge in [-0.1, -0.05) is 23.4 Å². The number of hydrogen-bond acceptors (Lipinski definition) is 6. The molecule has 0 fully saturated rings. The summed E-state index contributed by atoms with van der Waals surface area (Å²) in [4.78, 5) is 17.4. The molecule has 1 aromatic carbocycles. The lowest BCUT2D eigenvalue weighted by Crippen LogP contribution is -2.60.